The molecule has 0 aliphatic rings. The normalized spacial score (nSPS) is 11.2. The van der Waals surface area contributed by atoms with E-state index in [1.807, 2.05) is 20.8 Å². The molecule has 1 amide bonds. The zero-order valence-electron chi connectivity index (χ0n) is 14.4. The van der Waals surface area contributed by atoms with Gasteiger partial charge in [-0.05, 0) is 32.9 Å². The number of carbonyl (C=O) groups excluding carboxylic acids is 1. The van der Waals surface area contributed by atoms with Crippen LogP contribution in [-0.2, 0) is 4.79 Å². The average molecular weight is 351 g/mol. The van der Waals surface area contributed by atoms with Gasteiger partial charge in [0, 0.05) is 11.6 Å². The Labute approximate surface area is 145 Å². The minimum atomic E-state index is -0.270. The van der Waals surface area contributed by atoms with Crippen LogP contribution in [0.1, 0.15) is 20.8 Å². The van der Waals surface area contributed by atoms with Crippen LogP contribution in [0.15, 0.2) is 27.8 Å². The van der Waals surface area contributed by atoms with E-state index < -0.39 is 0 Å². The molecule has 1 aromatic heterocycles. The number of carbonyl (C=O) groups is 1. The molecule has 0 radical (unpaired) electrons. The molecule has 24 heavy (non-hydrogen) atoms. The smallest absolute Gasteiger partial charge is 0.277 e. The third-order valence-corrected chi connectivity index (χ3v) is 3.71. The first-order chi connectivity index (χ1) is 11.3. The van der Waals surface area contributed by atoms with Gasteiger partial charge in [0.05, 0.1) is 25.5 Å². The lowest BCUT2D eigenvalue weighted by atomic mass is 10.1. The number of thioether (sulfide) groups is 1. The summed E-state index contributed by atoms with van der Waals surface area (Å²) in [6.07, 6.45) is 0. The van der Waals surface area contributed by atoms with E-state index in [0.29, 0.717) is 28.2 Å². The number of nitrogens with one attached hydrogen (secondary N) is 1. The monoisotopic (exact) mass is 351 g/mol. The molecule has 0 spiro atoms. The van der Waals surface area contributed by atoms with Gasteiger partial charge in [0.1, 0.15) is 11.5 Å². The summed E-state index contributed by atoms with van der Waals surface area (Å²) in [5, 5.41) is 11.2. The van der Waals surface area contributed by atoms with Crippen molar-refractivity contribution in [2.45, 2.75) is 31.5 Å². The molecule has 0 aliphatic carbocycles. The van der Waals surface area contributed by atoms with E-state index in [0.717, 1.165) is 0 Å². The number of hydrogen-bond donors (Lipinski definition) is 1. The summed E-state index contributed by atoms with van der Waals surface area (Å²) in [6, 6.07) is 5.31. The van der Waals surface area contributed by atoms with Crippen molar-refractivity contribution in [1.29, 1.82) is 0 Å². The topological polar surface area (TPSA) is 86.5 Å². The van der Waals surface area contributed by atoms with E-state index in [1.54, 1.807) is 32.4 Å². The lowest BCUT2D eigenvalue weighted by Gasteiger charge is -2.19. The Morgan fingerprint density at radius 1 is 1.25 bits per heavy atom. The zero-order valence-corrected chi connectivity index (χ0v) is 15.2. The van der Waals surface area contributed by atoms with Crippen LogP contribution < -0.4 is 14.8 Å². The zero-order chi connectivity index (χ0) is 17.7. The summed E-state index contributed by atoms with van der Waals surface area (Å²) >= 11 is 1.19. The number of rotatable bonds is 6. The fraction of sp³-hybridized carbons (Fsp3) is 0.438. The predicted molar refractivity (Wildman–Crippen MR) is 91.5 cm³/mol. The van der Waals surface area contributed by atoms with E-state index in [-0.39, 0.29) is 17.2 Å². The van der Waals surface area contributed by atoms with E-state index >= 15 is 0 Å². The quantitative estimate of drug-likeness (QED) is 0.801. The molecule has 0 aliphatic heterocycles. The third-order valence-electron chi connectivity index (χ3n) is 2.89. The molecule has 1 aromatic carbocycles. The molecule has 1 heterocycles. The van der Waals surface area contributed by atoms with Crippen LogP contribution in [0, 0.1) is 0 Å². The molecule has 130 valence electrons. The lowest BCUT2D eigenvalue weighted by Crippen LogP contribution is -2.41. The van der Waals surface area contributed by atoms with Crippen LogP contribution in [0.5, 0.6) is 11.5 Å². The van der Waals surface area contributed by atoms with Crippen molar-refractivity contribution in [2.24, 2.45) is 0 Å². The fourth-order valence-corrected chi connectivity index (χ4v) is 2.50. The number of nitrogens with zero attached hydrogens (tertiary/aromatic N) is 2. The third kappa shape index (κ3) is 4.89. The number of ether oxygens (including phenoxy) is 2. The van der Waals surface area contributed by atoms with Gasteiger partial charge in [0.15, 0.2) is 0 Å². The Balaban J connectivity index is 2.07. The molecule has 0 saturated heterocycles. The first-order valence-corrected chi connectivity index (χ1v) is 8.30. The van der Waals surface area contributed by atoms with E-state index in [4.69, 9.17) is 13.9 Å². The van der Waals surface area contributed by atoms with Crippen LogP contribution >= 0.6 is 11.8 Å². The van der Waals surface area contributed by atoms with Crippen molar-refractivity contribution in [1.82, 2.24) is 15.5 Å². The number of amides is 1. The molecule has 8 heteroatoms. The van der Waals surface area contributed by atoms with Gasteiger partial charge in [-0.3, -0.25) is 4.79 Å². The number of hydrogen-bond acceptors (Lipinski definition) is 7. The van der Waals surface area contributed by atoms with Gasteiger partial charge < -0.3 is 19.2 Å². The van der Waals surface area contributed by atoms with Crippen molar-refractivity contribution >= 4 is 17.7 Å². The van der Waals surface area contributed by atoms with Crippen LogP contribution in [0.25, 0.3) is 11.5 Å². The highest BCUT2D eigenvalue weighted by Gasteiger charge is 2.17. The van der Waals surface area contributed by atoms with Crippen molar-refractivity contribution in [3.8, 4) is 23.0 Å². The van der Waals surface area contributed by atoms with E-state index in [2.05, 4.69) is 15.5 Å². The highest BCUT2D eigenvalue weighted by Crippen LogP contribution is 2.33. The van der Waals surface area contributed by atoms with Gasteiger partial charge in [-0.1, -0.05) is 11.8 Å². The molecule has 0 fully saturated rings. The van der Waals surface area contributed by atoms with Crippen LogP contribution in [-0.4, -0.2) is 41.6 Å². The van der Waals surface area contributed by atoms with Crippen molar-refractivity contribution in [3.63, 3.8) is 0 Å². The second-order valence-electron chi connectivity index (χ2n) is 6.03. The van der Waals surface area contributed by atoms with Gasteiger partial charge in [-0.2, -0.15) is 0 Å². The molecular weight excluding hydrogens is 330 g/mol. The Morgan fingerprint density at radius 3 is 2.62 bits per heavy atom. The maximum Gasteiger partial charge on any atom is 0.277 e. The second kappa shape index (κ2) is 7.57. The SMILES string of the molecule is COc1ccc(-c2nnc(SCC(=O)NC(C)(C)C)o2)c(OC)c1. The molecule has 0 bridgehead atoms. The summed E-state index contributed by atoms with van der Waals surface area (Å²) in [5.41, 5.74) is 0.394. The molecule has 7 nitrogen and oxygen atoms in total. The van der Waals surface area contributed by atoms with Crippen molar-refractivity contribution < 1.29 is 18.7 Å². The lowest BCUT2D eigenvalue weighted by molar-refractivity contribution is -0.119. The maximum atomic E-state index is 11.8. The van der Waals surface area contributed by atoms with Crippen molar-refractivity contribution in [2.75, 3.05) is 20.0 Å². The van der Waals surface area contributed by atoms with Gasteiger partial charge in [-0.25, -0.2) is 0 Å². The van der Waals surface area contributed by atoms with Crippen LogP contribution in [0.4, 0.5) is 0 Å². The Bertz CT molecular complexity index is 710. The summed E-state index contributed by atoms with van der Waals surface area (Å²) < 4.78 is 16.1. The standard InChI is InChI=1S/C16H21N3O4S/c1-16(2,3)17-13(20)9-24-15-19-18-14(23-15)11-7-6-10(21-4)8-12(11)22-5/h6-8H,9H2,1-5H3,(H,17,20). The Morgan fingerprint density at radius 2 is 2.00 bits per heavy atom. The molecule has 0 atom stereocenters. The molecular formula is C16H21N3O4S. The summed E-state index contributed by atoms with van der Waals surface area (Å²) in [7, 11) is 3.14. The number of methoxy groups -OCH3 is 2. The summed E-state index contributed by atoms with van der Waals surface area (Å²) in [5.74, 6) is 1.68. The molecule has 0 unspecified atom stereocenters. The van der Waals surface area contributed by atoms with E-state index in [1.165, 1.54) is 11.8 Å². The molecule has 2 aromatic rings. The summed E-state index contributed by atoms with van der Waals surface area (Å²) in [4.78, 5) is 11.8. The number of benzene rings is 1. The van der Waals surface area contributed by atoms with Crippen LogP contribution in [0.3, 0.4) is 0 Å². The Kier molecular flexibility index (Phi) is 5.71. The minimum Gasteiger partial charge on any atom is -0.497 e. The van der Waals surface area contributed by atoms with Gasteiger partial charge >= 0.3 is 0 Å². The average Bonchev–Trinajstić information content (AvgIpc) is 2.99. The first kappa shape index (κ1) is 18.1. The molecule has 0 saturated carbocycles. The minimum absolute atomic E-state index is 0.0886. The van der Waals surface area contributed by atoms with E-state index in [9.17, 15) is 4.79 Å². The second-order valence-corrected chi connectivity index (χ2v) is 6.95. The van der Waals surface area contributed by atoms with Gasteiger partial charge in [0.2, 0.25) is 5.91 Å². The van der Waals surface area contributed by atoms with Gasteiger partial charge in [0.25, 0.3) is 11.1 Å². The van der Waals surface area contributed by atoms with Crippen molar-refractivity contribution in [3.05, 3.63) is 18.2 Å². The predicted octanol–water partition coefficient (Wildman–Crippen LogP) is 2.76. The first-order valence-electron chi connectivity index (χ1n) is 7.32. The fourth-order valence-electron chi connectivity index (χ4n) is 1.93. The highest BCUT2D eigenvalue weighted by atomic mass is 32.2. The summed E-state index contributed by atoms with van der Waals surface area (Å²) in [6.45, 7) is 5.78. The molecule has 2 rings (SSSR count). The number of aromatic nitrogens is 2. The van der Waals surface area contributed by atoms with Gasteiger partial charge in [-0.15, -0.1) is 10.2 Å². The van der Waals surface area contributed by atoms with Crippen LogP contribution in [0.2, 0.25) is 0 Å². The largest absolute Gasteiger partial charge is 0.497 e. The highest BCUT2D eigenvalue weighted by molar-refractivity contribution is 7.99. The maximum absolute atomic E-state index is 11.8. The Hall–Kier alpha value is -2.22. The molecule has 1 N–H and O–H groups in total.